The molecule has 4 heteroatoms. The highest BCUT2D eigenvalue weighted by Crippen LogP contribution is 2.19. The Morgan fingerprint density at radius 3 is 3.00 bits per heavy atom. The minimum Gasteiger partial charge on any atom is -0.495 e. The van der Waals surface area contributed by atoms with Crippen LogP contribution in [0.3, 0.4) is 0 Å². The molecule has 1 N–H and O–H groups in total. The summed E-state index contributed by atoms with van der Waals surface area (Å²) in [5.74, 6) is 0.624. The molecule has 0 aliphatic carbocycles. The van der Waals surface area contributed by atoms with E-state index in [1.807, 2.05) is 18.2 Å². The minimum absolute atomic E-state index is 0.263. The fourth-order valence-electron chi connectivity index (χ4n) is 2.20. The van der Waals surface area contributed by atoms with Crippen LogP contribution in [0.1, 0.15) is 24.5 Å². The summed E-state index contributed by atoms with van der Waals surface area (Å²) in [4.78, 5) is 0. The van der Waals surface area contributed by atoms with Gasteiger partial charge in [-0.1, -0.05) is 6.07 Å². The fourth-order valence-corrected chi connectivity index (χ4v) is 2.20. The first-order valence-corrected chi connectivity index (χ1v) is 6.16. The van der Waals surface area contributed by atoms with Crippen LogP contribution in [0, 0.1) is 11.3 Å². The lowest BCUT2D eigenvalue weighted by atomic mass is 10.1. The molecule has 18 heavy (non-hydrogen) atoms. The van der Waals surface area contributed by atoms with E-state index >= 15 is 0 Å². The molecular formula is C14H18N2O2. The number of methoxy groups -OCH3 is 1. The van der Waals surface area contributed by atoms with E-state index in [0.717, 1.165) is 25.1 Å². The molecule has 1 aromatic rings. The molecule has 2 rings (SSSR count). The maximum atomic E-state index is 9.03. The first-order chi connectivity index (χ1) is 8.74. The Labute approximate surface area is 108 Å². The predicted octanol–water partition coefficient (Wildman–Crippen LogP) is 1.83. The molecule has 1 heterocycles. The minimum atomic E-state index is 0.263. The Morgan fingerprint density at radius 1 is 1.56 bits per heavy atom. The van der Waals surface area contributed by atoms with Gasteiger partial charge in [0.2, 0.25) is 0 Å². The zero-order chi connectivity index (χ0) is 13.0. The molecule has 0 amide bonds. The van der Waals surface area contributed by atoms with Crippen LogP contribution in [-0.4, -0.2) is 25.9 Å². The third-order valence-corrected chi connectivity index (χ3v) is 3.33. The van der Waals surface area contributed by atoms with Crippen molar-refractivity contribution in [3.8, 4) is 11.8 Å². The summed E-state index contributed by atoms with van der Waals surface area (Å²) in [5, 5.41) is 12.5. The molecule has 0 aromatic heterocycles. The molecule has 1 saturated heterocycles. The van der Waals surface area contributed by atoms with Gasteiger partial charge in [-0.15, -0.1) is 0 Å². The number of hydrogen-bond donors (Lipinski definition) is 1. The van der Waals surface area contributed by atoms with Gasteiger partial charge in [-0.2, -0.15) is 5.26 Å². The Balaban J connectivity index is 1.99. The Morgan fingerprint density at radius 2 is 2.39 bits per heavy atom. The van der Waals surface area contributed by atoms with E-state index < -0.39 is 0 Å². The SMILES string of the molecule is COc1ccc(CNC2CCOC2C)cc1C#N. The lowest BCUT2D eigenvalue weighted by Gasteiger charge is -2.16. The monoisotopic (exact) mass is 246 g/mol. The summed E-state index contributed by atoms with van der Waals surface area (Å²) in [6.07, 6.45) is 1.31. The van der Waals surface area contributed by atoms with Gasteiger partial charge in [0.05, 0.1) is 18.8 Å². The van der Waals surface area contributed by atoms with Gasteiger partial charge in [-0.25, -0.2) is 0 Å². The van der Waals surface area contributed by atoms with E-state index in [4.69, 9.17) is 14.7 Å². The predicted molar refractivity (Wildman–Crippen MR) is 68.4 cm³/mol. The van der Waals surface area contributed by atoms with Crippen molar-refractivity contribution < 1.29 is 9.47 Å². The number of ether oxygens (including phenoxy) is 2. The van der Waals surface area contributed by atoms with Gasteiger partial charge in [-0.3, -0.25) is 0 Å². The molecule has 1 aromatic carbocycles. The van der Waals surface area contributed by atoms with Crippen molar-refractivity contribution >= 4 is 0 Å². The van der Waals surface area contributed by atoms with Crippen molar-refractivity contribution in [3.63, 3.8) is 0 Å². The molecular weight excluding hydrogens is 228 g/mol. The van der Waals surface area contributed by atoms with Crippen molar-refractivity contribution in [1.29, 1.82) is 5.26 Å². The highest BCUT2D eigenvalue weighted by Gasteiger charge is 2.23. The highest BCUT2D eigenvalue weighted by molar-refractivity contribution is 5.45. The van der Waals surface area contributed by atoms with Gasteiger partial charge < -0.3 is 14.8 Å². The first kappa shape index (κ1) is 12.9. The van der Waals surface area contributed by atoms with Gasteiger partial charge in [0.15, 0.2) is 0 Å². The molecule has 96 valence electrons. The lowest BCUT2D eigenvalue weighted by molar-refractivity contribution is 0.113. The van der Waals surface area contributed by atoms with Gasteiger partial charge in [0.25, 0.3) is 0 Å². The molecule has 2 unspecified atom stereocenters. The maximum Gasteiger partial charge on any atom is 0.136 e. The van der Waals surface area contributed by atoms with Crippen LogP contribution < -0.4 is 10.1 Å². The van der Waals surface area contributed by atoms with Crippen LogP contribution >= 0.6 is 0 Å². The molecule has 0 radical (unpaired) electrons. The Kier molecular flexibility index (Phi) is 4.19. The number of rotatable bonds is 4. The average Bonchev–Trinajstić information content (AvgIpc) is 2.81. The lowest BCUT2D eigenvalue weighted by Crippen LogP contribution is -2.34. The largest absolute Gasteiger partial charge is 0.495 e. The smallest absolute Gasteiger partial charge is 0.136 e. The second-order valence-corrected chi connectivity index (χ2v) is 4.50. The standard InChI is InChI=1S/C14H18N2O2/c1-10-13(5-6-18-10)16-9-11-3-4-14(17-2)12(7-11)8-15/h3-4,7,10,13,16H,5-6,9H2,1-2H3. The van der Waals surface area contributed by atoms with Crippen LogP contribution in [0.25, 0.3) is 0 Å². The summed E-state index contributed by atoms with van der Waals surface area (Å²) >= 11 is 0. The summed E-state index contributed by atoms with van der Waals surface area (Å²) < 4.78 is 10.6. The summed E-state index contributed by atoms with van der Waals surface area (Å²) in [7, 11) is 1.58. The number of benzene rings is 1. The van der Waals surface area contributed by atoms with Crippen molar-refractivity contribution in [2.75, 3.05) is 13.7 Å². The summed E-state index contributed by atoms with van der Waals surface area (Å²) in [6, 6.07) is 8.23. The molecule has 0 saturated carbocycles. The number of hydrogen-bond acceptors (Lipinski definition) is 4. The first-order valence-electron chi connectivity index (χ1n) is 6.16. The van der Waals surface area contributed by atoms with E-state index in [0.29, 0.717) is 17.4 Å². The van der Waals surface area contributed by atoms with E-state index in [-0.39, 0.29) is 6.10 Å². The normalized spacial score (nSPS) is 22.7. The van der Waals surface area contributed by atoms with Crippen LogP contribution in [0.5, 0.6) is 5.75 Å². The van der Waals surface area contributed by atoms with Crippen LogP contribution in [-0.2, 0) is 11.3 Å². The summed E-state index contributed by atoms with van der Waals surface area (Å²) in [6.45, 7) is 3.65. The van der Waals surface area contributed by atoms with Crippen molar-refractivity contribution in [2.45, 2.75) is 32.0 Å². The van der Waals surface area contributed by atoms with E-state index in [1.54, 1.807) is 7.11 Å². The van der Waals surface area contributed by atoms with Crippen LogP contribution in [0.4, 0.5) is 0 Å². The average molecular weight is 246 g/mol. The highest BCUT2D eigenvalue weighted by atomic mass is 16.5. The van der Waals surface area contributed by atoms with Crippen molar-refractivity contribution in [2.24, 2.45) is 0 Å². The topological polar surface area (TPSA) is 54.3 Å². The second kappa shape index (κ2) is 5.85. The zero-order valence-electron chi connectivity index (χ0n) is 10.8. The zero-order valence-corrected chi connectivity index (χ0v) is 10.8. The second-order valence-electron chi connectivity index (χ2n) is 4.50. The Bertz CT molecular complexity index is 454. The van der Waals surface area contributed by atoms with Crippen molar-refractivity contribution in [1.82, 2.24) is 5.32 Å². The van der Waals surface area contributed by atoms with E-state index in [2.05, 4.69) is 18.3 Å². The molecule has 1 aliphatic heterocycles. The van der Waals surface area contributed by atoms with Gasteiger partial charge in [0.1, 0.15) is 11.8 Å². The number of nitrogens with zero attached hydrogens (tertiary/aromatic N) is 1. The van der Waals surface area contributed by atoms with E-state index in [1.165, 1.54) is 0 Å². The van der Waals surface area contributed by atoms with E-state index in [9.17, 15) is 0 Å². The molecule has 2 atom stereocenters. The van der Waals surface area contributed by atoms with Crippen molar-refractivity contribution in [3.05, 3.63) is 29.3 Å². The number of nitriles is 1. The van der Waals surface area contributed by atoms with Gasteiger partial charge >= 0.3 is 0 Å². The van der Waals surface area contributed by atoms with Gasteiger partial charge in [0, 0.05) is 19.2 Å². The maximum absolute atomic E-state index is 9.03. The Hall–Kier alpha value is -1.57. The quantitative estimate of drug-likeness (QED) is 0.880. The fraction of sp³-hybridized carbons (Fsp3) is 0.500. The molecule has 4 nitrogen and oxygen atoms in total. The van der Waals surface area contributed by atoms with Crippen LogP contribution in [0.2, 0.25) is 0 Å². The third kappa shape index (κ3) is 2.81. The molecule has 0 bridgehead atoms. The van der Waals surface area contributed by atoms with Gasteiger partial charge in [-0.05, 0) is 31.0 Å². The molecule has 0 spiro atoms. The molecule has 1 fully saturated rings. The summed E-state index contributed by atoms with van der Waals surface area (Å²) in [5.41, 5.74) is 1.67. The molecule has 1 aliphatic rings. The van der Waals surface area contributed by atoms with Crippen LogP contribution in [0.15, 0.2) is 18.2 Å². The number of nitrogens with one attached hydrogen (secondary N) is 1. The third-order valence-electron chi connectivity index (χ3n) is 3.33.